The molecule has 0 atom stereocenters. The molecule has 0 unspecified atom stereocenters. The van der Waals surface area contributed by atoms with E-state index in [9.17, 15) is 15.2 Å². The second-order valence-electron chi connectivity index (χ2n) is 7.91. The highest BCUT2D eigenvalue weighted by Crippen LogP contribution is 2.34. The Balaban J connectivity index is 1.43. The Hall–Kier alpha value is -4.72. The number of phenolic OH excluding ortho intramolecular Hbond substituents is 1. The van der Waals surface area contributed by atoms with Crippen LogP contribution in [0.4, 0.5) is 11.4 Å². The summed E-state index contributed by atoms with van der Waals surface area (Å²) in [7, 11) is 0. The molecule has 0 fully saturated rings. The van der Waals surface area contributed by atoms with E-state index >= 15 is 0 Å². The summed E-state index contributed by atoms with van der Waals surface area (Å²) in [5, 5.41) is 21.5. The van der Waals surface area contributed by atoms with Gasteiger partial charge in [0, 0.05) is 17.7 Å². The van der Waals surface area contributed by atoms with E-state index in [1.54, 1.807) is 36.5 Å². The minimum atomic E-state index is -0.436. The first-order valence-electron chi connectivity index (χ1n) is 10.5. The number of furan rings is 1. The van der Waals surface area contributed by atoms with Gasteiger partial charge in [-0.15, -0.1) is 0 Å². The number of fused-ring (bicyclic) bond motifs is 1. The molecule has 0 aliphatic heterocycles. The van der Waals surface area contributed by atoms with Crippen molar-refractivity contribution < 1.29 is 18.9 Å². The topological polar surface area (TPSA) is 115 Å². The number of benzene rings is 3. The quantitative estimate of drug-likeness (QED) is 0.179. The average molecular weight is 453 g/mol. The molecular formula is C26H19N3O5. The number of non-ortho nitro benzene ring substituents is 1. The molecule has 0 bridgehead atoms. The zero-order valence-electron chi connectivity index (χ0n) is 18.4. The lowest BCUT2D eigenvalue weighted by Crippen LogP contribution is -1.90. The predicted molar refractivity (Wildman–Crippen MR) is 129 cm³/mol. The molecule has 0 aliphatic carbocycles. The molecule has 3 aromatic carbocycles. The van der Waals surface area contributed by atoms with Crippen molar-refractivity contribution in [1.82, 2.24) is 4.98 Å². The molecule has 34 heavy (non-hydrogen) atoms. The van der Waals surface area contributed by atoms with Gasteiger partial charge in [-0.25, -0.2) is 4.98 Å². The molecule has 5 aromatic rings. The summed E-state index contributed by atoms with van der Waals surface area (Å²) in [6.07, 6.45) is 1.54. The number of nitro benzene ring substituents is 1. The number of hydrogen-bond acceptors (Lipinski definition) is 7. The average Bonchev–Trinajstić information content (AvgIpc) is 3.45. The van der Waals surface area contributed by atoms with E-state index < -0.39 is 4.92 Å². The molecule has 2 aromatic heterocycles. The van der Waals surface area contributed by atoms with Crippen LogP contribution < -0.4 is 0 Å². The molecule has 2 heterocycles. The molecule has 0 amide bonds. The third-order valence-corrected chi connectivity index (χ3v) is 5.42. The van der Waals surface area contributed by atoms with Crippen LogP contribution in [-0.2, 0) is 0 Å². The molecule has 8 heteroatoms. The molecule has 5 rings (SSSR count). The first-order chi connectivity index (χ1) is 16.4. The van der Waals surface area contributed by atoms with E-state index in [1.165, 1.54) is 18.2 Å². The highest BCUT2D eigenvalue weighted by atomic mass is 16.6. The zero-order valence-corrected chi connectivity index (χ0v) is 18.4. The molecule has 0 saturated heterocycles. The summed E-state index contributed by atoms with van der Waals surface area (Å²) >= 11 is 0. The lowest BCUT2D eigenvalue weighted by molar-refractivity contribution is -0.384. The molecule has 0 aliphatic rings. The van der Waals surface area contributed by atoms with E-state index in [2.05, 4.69) is 9.98 Å². The number of hydrogen-bond donors (Lipinski definition) is 1. The van der Waals surface area contributed by atoms with Gasteiger partial charge in [0.2, 0.25) is 5.89 Å². The normalized spacial score (nSPS) is 11.5. The van der Waals surface area contributed by atoms with Crippen molar-refractivity contribution in [1.29, 1.82) is 0 Å². The standard InChI is InChI=1S/C26H19N3O5/c1-15-3-9-25-22(11-15)28-26(34-25)21-12-17(5-8-23(21)30)27-14-19-7-10-24(33-19)20-13-18(29(31)32)6-4-16(20)2/h3-14,30H,1-2H3. The monoisotopic (exact) mass is 453 g/mol. The van der Waals surface area contributed by atoms with E-state index in [1.807, 2.05) is 32.0 Å². The Kier molecular flexibility index (Phi) is 5.18. The number of nitrogens with zero attached hydrogens (tertiary/aromatic N) is 3. The fourth-order valence-electron chi connectivity index (χ4n) is 3.62. The maximum Gasteiger partial charge on any atom is 0.270 e. The van der Waals surface area contributed by atoms with Crippen molar-refractivity contribution in [2.45, 2.75) is 13.8 Å². The van der Waals surface area contributed by atoms with Crippen molar-refractivity contribution in [2.75, 3.05) is 0 Å². The molecule has 0 saturated carbocycles. The van der Waals surface area contributed by atoms with E-state index in [4.69, 9.17) is 8.83 Å². The smallest absolute Gasteiger partial charge is 0.270 e. The molecular weight excluding hydrogens is 434 g/mol. The van der Waals surface area contributed by atoms with Gasteiger partial charge in [0.1, 0.15) is 22.8 Å². The van der Waals surface area contributed by atoms with Gasteiger partial charge in [0.15, 0.2) is 5.58 Å². The first-order valence-corrected chi connectivity index (χ1v) is 10.5. The summed E-state index contributed by atoms with van der Waals surface area (Å²) in [6.45, 7) is 3.84. The number of nitro groups is 1. The van der Waals surface area contributed by atoms with Gasteiger partial charge in [0.25, 0.3) is 5.69 Å². The van der Waals surface area contributed by atoms with Crippen molar-refractivity contribution in [3.8, 4) is 28.5 Å². The highest BCUT2D eigenvalue weighted by molar-refractivity contribution is 5.82. The van der Waals surface area contributed by atoms with Crippen LogP contribution >= 0.6 is 0 Å². The number of phenols is 1. The van der Waals surface area contributed by atoms with Crippen LogP contribution in [0.5, 0.6) is 5.75 Å². The second kappa shape index (κ2) is 8.32. The molecule has 168 valence electrons. The summed E-state index contributed by atoms with van der Waals surface area (Å²) in [5.41, 5.74) is 4.90. The van der Waals surface area contributed by atoms with Crippen molar-refractivity contribution in [2.24, 2.45) is 4.99 Å². The summed E-state index contributed by atoms with van der Waals surface area (Å²) in [6, 6.07) is 18.7. The van der Waals surface area contributed by atoms with E-state index in [0.717, 1.165) is 11.1 Å². The Morgan fingerprint density at radius 2 is 1.82 bits per heavy atom. The van der Waals surface area contributed by atoms with Crippen LogP contribution in [0.15, 0.2) is 80.6 Å². The molecule has 8 nitrogen and oxygen atoms in total. The maximum absolute atomic E-state index is 11.1. The lowest BCUT2D eigenvalue weighted by Gasteiger charge is -2.02. The van der Waals surface area contributed by atoms with Crippen molar-refractivity contribution in [3.05, 3.63) is 93.7 Å². The molecule has 0 radical (unpaired) electrons. The minimum absolute atomic E-state index is 0.00167. The number of aryl methyl sites for hydroxylation is 2. The van der Waals surface area contributed by atoms with Crippen LogP contribution in [0.2, 0.25) is 0 Å². The fraction of sp³-hybridized carbons (Fsp3) is 0.0769. The van der Waals surface area contributed by atoms with Crippen LogP contribution in [0.1, 0.15) is 16.9 Å². The Bertz CT molecular complexity index is 1580. The second-order valence-corrected chi connectivity index (χ2v) is 7.91. The SMILES string of the molecule is Cc1ccc2oc(-c3cc(N=Cc4ccc(-c5cc([N+](=O)[O-])ccc5C)o4)ccc3O)nc2c1. The van der Waals surface area contributed by atoms with Crippen LogP contribution in [0.3, 0.4) is 0 Å². The predicted octanol–water partition coefficient (Wildman–Crippen LogP) is 6.74. The van der Waals surface area contributed by atoms with Gasteiger partial charge in [-0.2, -0.15) is 0 Å². The summed E-state index contributed by atoms with van der Waals surface area (Å²) in [4.78, 5) is 19.6. The molecule has 0 spiro atoms. The van der Waals surface area contributed by atoms with Gasteiger partial charge in [-0.1, -0.05) is 12.1 Å². The van der Waals surface area contributed by atoms with Gasteiger partial charge in [0.05, 0.1) is 22.4 Å². The minimum Gasteiger partial charge on any atom is -0.507 e. The van der Waals surface area contributed by atoms with Crippen LogP contribution in [0.25, 0.3) is 33.9 Å². The van der Waals surface area contributed by atoms with Crippen molar-refractivity contribution in [3.63, 3.8) is 0 Å². The van der Waals surface area contributed by atoms with Gasteiger partial charge < -0.3 is 13.9 Å². The first kappa shape index (κ1) is 21.1. The Morgan fingerprint density at radius 3 is 2.65 bits per heavy atom. The zero-order chi connectivity index (χ0) is 23.8. The third kappa shape index (κ3) is 4.04. The fourth-order valence-corrected chi connectivity index (χ4v) is 3.62. The highest BCUT2D eigenvalue weighted by Gasteiger charge is 2.14. The number of oxazole rings is 1. The van der Waals surface area contributed by atoms with Gasteiger partial charge >= 0.3 is 0 Å². The lowest BCUT2D eigenvalue weighted by atomic mass is 10.1. The number of aliphatic imine (C=N–C) groups is 1. The maximum atomic E-state index is 11.1. The van der Waals surface area contributed by atoms with E-state index in [-0.39, 0.29) is 11.4 Å². The number of aromatic hydroxyl groups is 1. The summed E-state index contributed by atoms with van der Waals surface area (Å²) in [5.74, 6) is 1.32. The van der Waals surface area contributed by atoms with Gasteiger partial charge in [-0.3, -0.25) is 15.1 Å². The number of rotatable bonds is 5. The van der Waals surface area contributed by atoms with Crippen molar-refractivity contribution >= 4 is 28.7 Å². The van der Waals surface area contributed by atoms with Crippen LogP contribution in [0, 0.1) is 24.0 Å². The third-order valence-electron chi connectivity index (χ3n) is 5.42. The number of aromatic nitrogens is 1. The molecule has 1 N–H and O–H groups in total. The van der Waals surface area contributed by atoms with Crippen LogP contribution in [-0.4, -0.2) is 21.2 Å². The Morgan fingerprint density at radius 1 is 0.971 bits per heavy atom. The van der Waals surface area contributed by atoms with Gasteiger partial charge in [-0.05, 0) is 67.4 Å². The summed E-state index contributed by atoms with van der Waals surface area (Å²) < 4.78 is 11.7. The Labute approximate surface area is 194 Å². The van der Waals surface area contributed by atoms with E-state index in [0.29, 0.717) is 45.3 Å². The largest absolute Gasteiger partial charge is 0.507 e.